The van der Waals surface area contributed by atoms with Gasteiger partial charge in [-0.25, -0.2) is 4.39 Å². The third-order valence-electron chi connectivity index (χ3n) is 2.91. The molecule has 2 N–H and O–H groups in total. The van der Waals surface area contributed by atoms with Crippen LogP contribution in [0.3, 0.4) is 0 Å². The van der Waals surface area contributed by atoms with Crippen LogP contribution in [0.1, 0.15) is 5.56 Å². The Morgan fingerprint density at radius 3 is 2.76 bits per heavy atom. The van der Waals surface area contributed by atoms with E-state index in [4.69, 9.17) is 4.74 Å². The molecule has 21 heavy (non-hydrogen) atoms. The van der Waals surface area contributed by atoms with E-state index in [0.717, 1.165) is 5.56 Å². The third kappa shape index (κ3) is 4.21. The number of benzene rings is 2. The number of carbonyl (C=O) groups excluding carboxylic acids is 1. The molecule has 2 rings (SSSR count). The van der Waals surface area contributed by atoms with Gasteiger partial charge in [0.1, 0.15) is 11.6 Å². The fourth-order valence-electron chi connectivity index (χ4n) is 1.89. The Balaban J connectivity index is 1.97. The van der Waals surface area contributed by atoms with E-state index in [0.29, 0.717) is 17.1 Å². The lowest BCUT2D eigenvalue weighted by Crippen LogP contribution is -2.22. The minimum atomic E-state index is -0.347. The highest BCUT2D eigenvalue weighted by Gasteiger charge is 2.07. The highest BCUT2D eigenvalue weighted by atomic mass is 19.1. The molecule has 4 nitrogen and oxygen atoms in total. The highest BCUT2D eigenvalue weighted by Crippen LogP contribution is 2.25. The number of amides is 1. The van der Waals surface area contributed by atoms with Crippen molar-refractivity contribution >= 4 is 17.3 Å². The summed E-state index contributed by atoms with van der Waals surface area (Å²) in [5.74, 6) is 0.0172. The fraction of sp³-hybridized carbons (Fsp3) is 0.188. The van der Waals surface area contributed by atoms with E-state index < -0.39 is 0 Å². The number of aryl methyl sites for hydroxylation is 1. The van der Waals surface area contributed by atoms with Crippen molar-refractivity contribution in [3.63, 3.8) is 0 Å². The van der Waals surface area contributed by atoms with Crippen molar-refractivity contribution in [2.45, 2.75) is 6.92 Å². The van der Waals surface area contributed by atoms with Gasteiger partial charge in [0.25, 0.3) is 0 Å². The van der Waals surface area contributed by atoms with Crippen molar-refractivity contribution in [1.82, 2.24) is 0 Å². The van der Waals surface area contributed by atoms with E-state index in [9.17, 15) is 9.18 Å². The number of hydrogen-bond donors (Lipinski definition) is 2. The molecule has 5 heteroatoms. The van der Waals surface area contributed by atoms with E-state index in [2.05, 4.69) is 10.6 Å². The maximum absolute atomic E-state index is 13.0. The number of nitrogens with one attached hydrogen (secondary N) is 2. The quantitative estimate of drug-likeness (QED) is 0.888. The molecule has 0 aliphatic rings. The molecule has 0 bridgehead atoms. The predicted molar refractivity (Wildman–Crippen MR) is 81.3 cm³/mol. The van der Waals surface area contributed by atoms with Gasteiger partial charge in [-0.1, -0.05) is 12.1 Å². The summed E-state index contributed by atoms with van der Waals surface area (Å²) in [6.45, 7) is 1.97. The van der Waals surface area contributed by atoms with Crippen molar-refractivity contribution < 1.29 is 13.9 Å². The molecule has 2 aromatic carbocycles. The Morgan fingerprint density at radius 1 is 1.24 bits per heavy atom. The second-order valence-electron chi connectivity index (χ2n) is 4.62. The van der Waals surface area contributed by atoms with Gasteiger partial charge >= 0.3 is 0 Å². The standard InChI is InChI=1S/C16H17FN2O2/c1-11-6-7-15(21-2)14(8-11)19-16(20)10-18-13-5-3-4-12(17)9-13/h3-9,18H,10H2,1-2H3,(H,19,20). The molecule has 0 unspecified atom stereocenters. The van der Waals surface area contributed by atoms with Crippen molar-refractivity contribution in [3.8, 4) is 5.75 Å². The number of rotatable bonds is 5. The van der Waals surface area contributed by atoms with Gasteiger partial charge in [0.15, 0.2) is 0 Å². The van der Waals surface area contributed by atoms with E-state index in [1.165, 1.54) is 12.1 Å². The van der Waals surface area contributed by atoms with Crippen LogP contribution in [0.15, 0.2) is 42.5 Å². The van der Waals surface area contributed by atoms with E-state index in [1.54, 1.807) is 25.3 Å². The molecule has 0 aliphatic carbocycles. The monoisotopic (exact) mass is 288 g/mol. The molecule has 0 saturated heterocycles. The van der Waals surface area contributed by atoms with Crippen molar-refractivity contribution in [1.29, 1.82) is 0 Å². The highest BCUT2D eigenvalue weighted by molar-refractivity contribution is 5.95. The lowest BCUT2D eigenvalue weighted by atomic mass is 10.2. The van der Waals surface area contributed by atoms with Crippen molar-refractivity contribution in [2.75, 3.05) is 24.3 Å². The molecule has 0 atom stereocenters. The maximum Gasteiger partial charge on any atom is 0.243 e. The number of hydrogen-bond acceptors (Lipinski definition) is 3. The van der Waals surface area contributed by atoms with Crippen LogP contribution >= 0.6 is 0 Å². The summed E-state index contributed by atoms with van der Waals surface area (Å²) in [4.78, 5) is 11.9. The van der Waals surface area contributed by atoms with Crippen LogP contribution in [-0.2, 0) is 4.79 Å². The van der Waals surface area contributed by atoms with E-state index >= 15 is 0 Å². The Hall–Kier alpha value is -2.56. The first-order valence-electron chi connectivity index (χ1n) is 6.52. The first-order chi connectivity index (χ1) is 10.1. The Kier molecular flexibility index (Phi) is 4.77. The Labute approximate surface area is 122 Å². The molecule has 1 amide bonds. The topological polar surface area (TPSA) is 50.4 Å². The molecule has 0 heterocycles. The molecule has 0 fully saturated rings. The van der Waals surface area contributed by atoms with Crippen LogP contribution in [0, 0.1) is 12.7 Å². The maximum atomic E-state index is 13.0. The van der Waals surface area contributed by atoms with Crippen molar-refractivity contribution in [2.24, 2.45) is 0 Å². The average Bonchev–Trinajstić information content (AvgIpc) is 2.45. The van der Waals surface area contributed by atoms with Gasteiger partial charge in [-0.3, -0.25) is 4.79 Å². The van der Waals surface area contributed by atoms with Gasteiger partial charge in [0.05, 0.1) is 19.3 Å². The van der Waals surface area contributed by atoms with Crippen LogP contribution in [0.2, 0.25) is 0 Å². The Morgan fingerprint density at radius 2 is 2.05 bits per heavy atom. The van der Waals surface area contributed by atoms with Crippen LogP contribution in [0.5, 0.6) is 5.75 Å². The number of methoxy groups -OCH3 is 1. The number of halogens is 1. The number of ether oxygens (including phenoxy) is 1. The first kappa shape index (κ1) is 14.8. The molecule has 0 aliphatic heterocycles. The summed E-state index contributed by atoms with van der Waals surface area (Å²) >= 11 is 0. The van der Waals surface area contributed by atoms with Gasteiger partial charge in [-0.15, -0.1) is 0 Å². The molecule has 0 saturated carbocycles. The van der Waals surface area contributed by atoms with Gasteiger partial charge in [-0.2, -0.15) is 0 Å². The summed E-state index contributed by atoms with van der Waals surface area (Å²) in [5.41, 5.74) is 2.19. The summed E-state index contributed by atoms with van der Waals surface area (Å²) < 4.78 is 18.2. The molecule has 110 valence electrons. The molecule has 2 aromatic rings. The van der Waals surface area contributed by atoms with E-state index in [1.807, 2.05) is 19.1 Å². The second kappa shape index (κ2) is 6.74. The predicted octanol–water partition coefficient (Wildman–Crippen LogP) is 3.19. The zero-order chi connectivity index (χ0) is 15.2. The summed E-state index contributed by atoms with van der Waals surface area (Å²) in [6, 6.07) is 11.5. The minimum absolute atomic E-state index is 0.0422. The Bertz CT molecular complexity index is 644. The summed E-state index contributed by atoms with van der Waals surface area (Å²) in [6.07, 6.45) is 0. The van der Waals surface area contributed by atoms with Crippen LogP contribution in [0.25, 0.3) is 0 Å². The lowest BCUT2D eigenvalue weighted by molar-refractivity contribution is -0.114. The SMILES string of the molecule is COc1ccc(C)cc1NC(=O)CNc1cccc(F)c1. The molecule has 0 aromatic heterocycles. The van der Waals surface area contributed by atoms with Crippen LogP contribution in [0.4, 0.5) is 15.8 Å². The van der Waals surface area contributed by atoms with Crippen LogP contribution < -0.4 is 15.4 Å². The smallest absolute Gasteiger partial charge is 0.243 e. The molecular formula is C16H17FN2O2. The second-order valence-corrected chi connectivity index (χ2v) is 4.62. The van der Waals surface area contributed by atoms with Gasteiger partial charge < -0.3 is 15.4 Å². The lowest BCUT2D eigenvalue weighted by Gasteiger charge is -2.12. The molecule has 0 spiro atoms. The number of anilines is 2. The largest absolute Gasteiger partial charge is 0.495 e. The zero-order valence-electron chi connectivity index (χ0n) is 11.9. The van der Waals surface area contributed by atoms with Gasteiger partial charge in [0, 0.05) is 5.69 Å². The van der Waals surface area contributed by atoms with Crippen LogP contribution in [-0.4, -0.2) is 19.6 Å². The van der Waals surface area contributed by atoms with Gasteiger partial charge in [-0.05, 0) is 42.8 Å². The molecule has 0 radical (unpaired) electrons. The van der Waals surface area contributed by atoms with Crippen molar-refractivity contribution in [3.05, 3.63) is 53.8 Å². The zero-order valence-corrected chi connectivity index (χ0v) is 11.9. The average molecular weight is 288 g/mol. The first-order valence-corrected chi connectivity index (χ1v) is 6.52. The molecular weight excluding hydrogens is 271 g/mol. The van der Waals surface area contributed by atoms with Gasteiger partial charge in [0.2, 0.25) is 5.91 Å². The fourth-order valence-corrected chi connectivity index (χ4v) is 1.89. The third-order valence-corrected chi connectivity index (χ3v) is 2.91. The minimum Gasteiger partial charge on any atom is -0.495 e. The van der Waals surface area contributed by atoms with E-state index in [-0.39, 0.29) is 18.3 Å². The summed E-state index contributed by atoms with van der Waals surface area (Å²) in [5, 5.41) is 5.63. The number of carbonyl (C=O) groups is 1. The summed E-state index contributed by atoms with van der Waals surface area (Å²) in [7, 11) is 1.55. The normalized spacial score (nSPS) is 10.0.